The van der Waals surface area contributed by atoms with Crippen LogP contribution in [0, 0.1) is 5.92 Å². The highest BCUT2D eigenvalue weighted by atomic mass is 14.9. The van der Waals surface area contributed by atoms with Crippen LogP contribution >= 0.6 is 0 Å². The van der Waals surface area contributed by atoms with Crippen molar-refractivity contribution in [2.45, 2.75) is 96.3 Å². The summed E-state index contributed by atoms with van der Waals surface area (Å²) in [6.07, 6.45) is 21.9. The van der Waals surface area contributed by atoms with Gasteiger partial charge in [-0.05, 0) is 51.9 Å². The summed E-state index contributed by atoms with van der Waals surface area (Å²) in [7, 11) is 2.04. The van der Waals surface area contributed by atoms with Gasteiger partial charge in [0.1, 0.15) is 0 Å². The van der Waals surface area contributed by atoms with Gasteiger partial charge < -0.3 is 10.6 Å². The zero-order valence-electron chi connectivity index (χ0n) is 15.3. The standard InChI is InChI=1S/C20H42N2/c1-21-17-14-18-22-19-20-15-12-10-8-6-4-2-3-5-7-9-11-13-16-20/h20-22H,2-19H2,1H3. The predicted molar refractivity (Wildman–Crippen MR) is 99.5 cm³/mol. The van der Waals surface area contributed by atoms with Crippen LogP contribution in [0.3, 0.4) is 0 Å². The highest BCUT2D eigenvalue weighted by molar-refractivity contribution is 4.65. The van der Waals surface area contributed by atoms with Crippen molar-refractivity contribution in [3.8, 4) is 0 Å². The molecule has 1 aliphatic carbocycles. The van der Waals surface area contributed by atoms with E-state index in [1.807, 2.05) is 7.05 Å². The van der Waals surface area contributed by atoms with E-state index in [4.69, 9.17) is 0 Å². The predicted octanol–water partition coefficient (Wildman–Crippen LogP) is 5.28. The molecule has 22 heavy (non-hydrogen) atoms. The number of rotatable bonds is 6. The van der Waals surface area contributed by atoms with Gasteiger partial charge in [-0.15, -0.1) is 0 Å². The maximum absolute atomic E-state index is 3.69. The lowest BCUT2D eigenvalue weighted by Crippen LogP contribution is -2.26. The van der Waals surface area contributed by atoms with Gasteiger partial charge in [0.05, 0.1) is 0 Å². The van der Waals surface area contributed by atoms with Crippen molar-refractivity contribution in [3.05, 3.63) is 0 Å². The molecule has 1 fully saturated rings. The Balaban J connectivity index is 2.18. The van der Waals surface area contributed by atoms with Gasteiger partial charge in [0.25, 0.3) is 0 Å². The number of nitrogens with one attached hydrogen (secondary N) is 2. The molecule has 132 valence electrons. The molecule has 0 amide bonds. The molecule has 0 spiro atoms. The Hall–Kier alpha value is -0.0800. The quantitative estimate of drug-likeness (QED) is 0.652. The minimum atomic E-state index is 0.930. The number of hydrogen-bond donors (Lipinski definition) is 2. The normalized spacial score (nSPS) is 21.1. The molecule has 0 radical (unpaired) electrons. The molecule has 1 saturated carbocycles. The van der Waals surface area contributed by atoms with Crippen LogP contribution in [0.25, 0.3) is 0 Å². The average molecular weight is 311 g/mol. The largest absolute Gasteiger partial charge is 0.320 e. The molecular formula is C20H42N2. The maximum atomic E-state index is 3.69. The first-order chi connectivity index (χ1) is 10.9. The van der Waals surface area contributed by atoms with Crippen molar-refractivity contribution in [3.63, 3.8) is 0 Å². The molecule has 1 aliphatic rings. The minimum absolute atomic E-state index is 0.930. The lowest BCUT2D eigenvalue weighted by molar-refractivity contribution is 0.382. The van der Waals surface area contributed by atoms with E-state index < -0.39 is 0 Å². The molecule has 0 bridgehead atoms. The first-order valence-electron chi connectivity index (χ1n) is 10.3. The van der Waals surface area contributed by atoms with Crippen LogP contribution in [0.2, 0.25) is 0 Å². The summed E-state index contributed by atoms with van der Waals surface area (Å²) in [5.41, 5.74) is 0. The highest BCUT2D eigenvalue weighted by Crippen LogP contribution is 2.20. The van der Waals surface area contributed by atoms with Crippen molar-refractivity contribution in [1.29, 1.82) is 0 Å². The summed E-state index contributed by atoms with van der Waals surface area (Å²) in [5, 5.41) is 6.92. The Bertz CT molecular complexity index is 202. The van der Waals surface area contributed by atoms with Crippen LogP contribution in [0.4, 0.5) is 0 Å². The summed E-state index contributed by atoms with van der Waals surface area (Å²) in [6, 6.07) is 0. The molecule has 0 aromatic heterocycles. The van der Waals surface area contributed by atoms with Crippen molar-refractivity contribution in [2.75, 3.05) is 26.7 Å². The topological polar surface area (TPSA) is 24.1 Å². The highest BCUT2D eigenvalue weighted by Gasteiger charge is 2.08. The van der Waals surface area contributed by atoms with Crippen molar-refractivity contribution >= 4 is 0 Å². The third-order valence-electron chi connectivity index (χ3n) is 5.19. The SMILES string of the molecule is CNCCCNCC1CCCCCCCCCCCCCC1. The third-order valence-corrected chi connectivity index (χ3v) is 5.19. The van der Waals surface area contributed by atoms with E-state index in [0.29, 0.717) is 0 Å². The van der Waals surface area contributed by atoms with E-state index in [9.17, 15) is 0 Å². The van der Waals surface area contributed by atoms with Gasteiger partial charge in [0.2, 0.25) is 0 Å². The molecule has 2 nitrogen and oxygen atoms in total. The van der Waals surface area contributed by atoms with Gasteiger partial charge in [-0.25, -0.2) is 0 Å². The summed E-state index contributed by atoms with van der Waals surface area (Å²) in [6.45, 7) is 3.57. The molecule has 0 aromatic carbocycles. The van der Waals surface area contributed by atoms with Crippen LogP contribution in [0.15, 0.2) is 0 Å². The molecule has 2 N–H and O–H groups in total. The van der Waals surface area contributed by atoms with E-state index >= 15 is 0 Å². The fourth-order valence-corrected chi connectivity index (χ4v) is 3.68. The summed E-state index contributed by atoms with van der Waals surface area (Å²) in [4.78, 5) is 0. The third kappa shape index (κ3) is 12.5. The first kappa shape index (κ1) is 20.0. The van der Waals surface area contributed by atoms with Gasteiger partial charge >= 0.3 is 0 Å². The van der Waals surface area contributed by atoms with E-state index in [0.717, 1.165) is 12.5 Å². The second kappa shape index (κ2) is 15.8. The molecule has 1 rings (SSSR count). The molecule has 0 aromatic rings. The van der Waals surface area contributed by atoms with Crippen LogP contribution in [0.1, 0.15) is 96.3 Å². The van der Waals surface area contributed by atoms with Crippen molar-refractivity contribution in [1.82, 2.24) is 10.6 Å². The first-order valence-corrected chi connectivity index (χ1v) is 10.3. The zero-order valence-corrected chi connectivity index (χ0v) is 15.3. The molecule has 2 heteroatoms. The Morgan fingerprint density at radius 1 is 0.636 bits per heavy atom. The van der Waals surface area contributed by atoms with Crippen molar-refractivity contribution in [2.24, 2.45) is 5.92 Å². The molecule has 0 atom stereocenters. The number of hydrogen-bond acceptors (Lipinski definition) is 2. The van der Waals surface area contributed by atoms with Gasteiger partial charge in [-0.2, -0.15) is 0 Å². The lowest BCUT2D eigenvalue weighted by atomic mass is 9.94. The van der Waals surface area contributed by atoms with E-state index in [2.05, 4.69) is 10.6 Å². The summed E-state index contributed by atoms with van der Waals surface area (Å²) < 4.78 is 0. The molecule has 0 saturated heterocycles. The van der Waals surface area contributed by atoms with E-state index in [1.165, 1.54) is 109 Å². The second-order valence-electron chi connectivity index (χ2n) is 7.35. The van der Waals surface area contributed by atoms with Crippen molar-refractivity contribution < 1.29 is 0 Å². The Labute approximate surface area is 140 Å². The fraction of sp³-hybridized carbons (Fsp3) is 1.00. The van der Waals surface area contributed by atoms with Gasteiger partial charge in [0.15, 0.2) is 0 Å². The maximum Gasteiger partial charge on any atom is -0.00205 e. The zero-order chi connectivity index (χ0) is 15.7. The van der Waals surface area contributed by atoms with Crippen LogP contribution in [0.5, 0.6) is 0 Å². The van der Waals surface area contributed by atoms with Crippen LogP contribution < -0.4 is 10.6 Å². The second-order valence-corrected chi connectivity index (χ2v) is 7.35. The van der Waals surface area contributed by atoms with Crippen LogP contribution in [-0.4, -0.2) is 26.7 Å². The fourth-order valence-electron chi connectivity index (χ4n) is 3.68. The molecular weight excluding hydrogens is 268 g/mol. The Kier molecular flexibility index (Phi) is 14.3. The molecule has 0 unspecified atom stereocenters. The smallest absolute Gasteiger partial charge is 0.00205 e. The summed E-state index contributed by atoms with van der Waals surface area (Å²) >= 11 is 0. The van der Waals surface area contributed by atoms with E-state index in [1.54, 1.807) is 0 Å². The van der Waals surface area contributed by atoms with Gasteiger partial charge in [-0.1, -0.05) is 77.0 Å². The minimum Gasteiger partial charge on any atom is -0.320 e. The Morgan fingerprint density at radius 2 is 1.09 bits per heavy atom. The van der Waals surface area contributed by atoms with Gasteiger partial charge in [0, 0.05) is 0 Å². The molecule has 0 aliphatic heterocycles. The molecule has 0 heterocycles. The average Bonchev–Trinajstić information content (AvgIpc) is 2.54. The summed E-state index contributed by atoms with van der Waals surface area (Å²) in [5.74, 6) is 0.930. The Morgan fingerprint density at radius 3 is 1.55 bits per heavy atom. The van der Waals surface area contributed by atoms with Crippen LogP contribution in [-0.2, 0) is 0 Å². The van der Waals surface area contributed by atoms with Gasteiger partial charge in [-0.3, -0.25) is 0 Å². The van der Waals surface area contributed by atoms with E-state index in [-0.39, 0.29) is 0 Å². The monoisotopic (exact) mass is 310 g/mol. The lowest BCUT2D eigenvalue weighted by Gasteiger charge is -2.18.